The lowest BCUT2D eigenvalue weighted by Gasteiger charge is -2.10. The van der Waals surface area contributed by atoms with Crippen LogP contribution < -0.4 is 10.1 Å². The molecule has 5 nitrogen and oxygen atoms in total. The third-order valence-corrected chi connectivity index (χ3v) is 4.68. The number of ether oxygens (including phenoxy) is 1. The first kappa shape index (κ1) is 18.3. The van der Waals surface area contributed by atoms with Crippen molar-refractivity contribution >= 4 is 34.8 Å². The molecular formula is C19H16Cl2N2O3. The first-order chi connectivity index (χ1) is 12.5. The van der Waals surface area contributed by atoms with E-state index in [-0.39, 0.29) is 17.3 Å². The van der Waals surface area contributed by atoms with Crippen molar-refractivity contribution in [2.45, 2.75) is 20.5 Å². The van der Waals surface area contributed by atoms with Crippen molar-refractivity contribution in [3.05, 3.63) is 75.1 Å². The summed E-state index contributed by atoms with van der Waals surface area (Å²) in [5.41, 5.74) is 2.12. The molecule has 1 N–H and O–H groups in total. The van der Waals surface area contributed by atoms with Crippen molar-refractivity contribution < 1.29 is 14.1 Å². The average Bonchev–Trinajstić information content (AvgIpc) is 2.99. The Morgan fingerprint density at radius 2 is 1.92 bits per heavy atom. The average molecular weight is 391 g/mol. The molecule has 7 heteroatoms. The zero-order valence-electron chi connectivity index (χ0n) is 14.2. The molecule has 0 fully saturated rings. The standard InChI is InChI=1S/C19H16Cl2N2O3/c1-11-6-3-4-9-16(11)25-10-13-12(2)26-23-18(13)19(24)22-15-8-5-7-14(20)17(15)21/h3-9H,10H2,1-2H3,(H,22,24). The Hall–Kier alpha value is -2.50. The smallest absolute Gasteiger partial charge is 0.278 e. The number of nitrogens with zero attached hydrogens (tertiary/aromatic N) is 1. The molecule has 0 aliphatic rings. The molecule has 0 radical (unpaired) electrons. The quantitative estimate of drug-likeness (QED) is 0.630. The number of carbonyl (C=O) groups excluding carboxylic acids is 1. The van der Waals surface area contributed by atoms with Gasteiger partial charge in [-0.05, 0) is 37.6 Å². The lowest BCUT2D eigenvalue weighted by molar-refractivity contribution is 0.101. The van der Waals surface area contributed by atoms with Crippen LogP contribution in [-0.4, -0.2) is 11.1 Å². The summed E-state index contributed by atoms with van der Waals surface area (Å²) in [7, 11) is 0. The largest absolute Gasteiger partial charge is 0.488 e. The van der Waals surface area contributed by atoms with Crippen molar-refractivity contribution in [1.29, 1.82) is 0 Å². The minimum atomic E-state index is -0.450. The summed E-state index contributed by atoms with van der Waals surface area (Å²) < 4.78 is 11.0. The van der Waals surface area contributed by atoms with Crippen molar-refractivity contribution in [2.24, 2.45) is 0 Å². The predicted molar refractivity (Wildman–Crippen MR) is 101 cm³/mol. The molecule has 0 atom stereocenters. The van der Waals surface area contributed by atoms with Crippen molar-refractivity contribution in [3.63, 3.8) is 0 Å². The minimum absolute atomic E-state index is 0.145. The number of hydrogen-bond donors (Lipinski definition) is 1. The summed E-state index contributed by atoms with van der Waals surface area (Å²) >= 11 is 12.1. The van der Waals surface area contributed by atoms with E-state index in [0.717, 1.165) is 11.3 Å². The second-order valence-electron chi connectivity index (χ2n) is 5.68. The first-order valence-corrected chi connectivity index (χ1v) is 8.62. The number of carbonyl (C=O) groups is 1. The van der Waals surface area contributed by atoms with E-state index in [9.17, 15) is 4.79 Å². The van der Waals surface area contributed by atoms with E-state index < -0.39 is 5.91 Å². The maximum atomic E-state index is 12.6. The van der Waals surface area contributed by atoms with Crippen LogP contribution in [0.25, 0.3) is 0 Å². The van der Waals surface area contributed by atoms with Crippen LogP contribution in [0.3, 0.4) is 0 Å². The van der Waals surface area contributed by atoms with Crippen LogP contribution in [0.4, 0.5) is 5.69 Å². The van der Waals surface area contributed by atoms with Crippen LogP contribution in [0.5, 0.6) is 5.75 Å². The van der Waals surface area contributed by atoms with Gasteiger partial charge in [-0.3, -0.25) is 4.79 Å². The molecular weight excluding hydrogens is 375 g/mol. The molecule has 0 bridgehead atoms. The molecule has 3 rings (SSSR count). The van der Waals surface area contributed by atoms with Gasteiger partial charge in [0.15, 0.2) is 5.69 Å². The van der Waals surface area contributed by atoms with Gasteiger partial charge in [-0.1, -0.05) is 52.6 Å². The number of anilines is 1. The van der Waals surface area contributed by atoms with Crippen LogP contribution in [-0.2, 0) is 6.61 Å². The molecule has 26 heavy (non-hydrogen) atoms. The number of amides is 1. The Morgan fingerprint density at radius 3 is 2.69 bits per heavy atom. The molecule has 0 aliphatic carbocycles. The Kier molecular flexibility index (Phi) is 5.49. The summed E-state index contributed by atoms with van der Waals surface area (Å²) in [6.45, 7) is 3.84. The fraction of sp³-hybridized carbons (Fsp3) is 0.158. The highest BCUT2D eigenvalue weighted by atomic mass is 35.5. The molecule has 1 amide bonds. The van der Waals surface area contributed by atoms with Crippen LogP contribution in [0.15, 0.2) is 47.0 Å². The topological polar surface area (TPSA) is 64.4 Å². The third-order valence-electron chi connectivity index (χ3n) is 3.87. The highest BCUT2D eigenvalue weighted by molar-refractivity contribution is 6.44. The SMILES string of the molecule is Cc1ccccc1OCc1c(C(=O)Nc2cccc(Cl)c2Cl)noc1C. The van der Waals surface area contributed by atoms with Gasteiger partial charge < -0.3 is 14.6 Å². The minimum Gasteiger partial charge on any atom is -0.488 e. The molecule has 0 aliphatic heterocycles. The molecule has 0 saturated heterocycles. The number of nitrogens with one attached hydrogen (secondary N) is 1. The van der Waals surface area contributed by atoms with Crippen molar-refractivity contribution in [1.82, 2.24) is 5.16 Å². The number of rotatable bonds is 5. The molecule has 0 unspecified atom stereocenters. The molecule has 0 spiro atoms. The zero-order chi connectivity index (χ0) is 18.7. The van der Waals surface area contributed by atoms with Gasteiger partial charge in [-0.15, -0.1) is 0 Å². The third kappa shape index (κ3) is 3.84. The van der Waals surface area contributed by atoms with E-state index >= 15 is 0 Å². The van der Waals surface area contributed by atoms with Crippen LogP contribution in [0, 0.1) is 13.8 Å². The molecule has 0 saturated carbocycles. The number of benzene rings is 2. The number of para-hydroxylation sites is 1. The fourth-order valence-corrected chi connectivity index (χ4v) is 2.74. The normalized spacial score (nSPS) is 10.6. The number of aromatic nitrogens is 1. The molecule has 134 valence electrons. The Bertz CT molecular complexity index is 954. The Balaban J connectivity index is 1.80. The summed E-state index contributed by atoms with van der Waals surface area (Å²) in [6.07, 6.45) is 0. The maximum absolute atomic E-state index is 12.6. The monoisotopic (exact) mass is 390 g/mol. The van der Waals surface area contributed by atoms with Crippen LogP contribution >= 0.6 is 23.2 Å². The van der Waals surface area contributed by atoms with Gasteiger partial charge in [-0.25, -0.2) is 0 Å². The van der Waals surface area contributed by atoms with Crippen LogP contribution in [0.1, 0.15) is 27.4 Å². The summed E-state index contributed by atoms with van der Waals surface area (Å²) in [5.74, 6) is 0.799. The van der Waals surface area contributed by atoms with Crippen molar-refractivity contribution in [2.75, 3.05) is 5.32 Å². The van der Waals surface area contributed by atoms with E-state index in [0.29, 0.717) is 22.0 Å². The summed E-state index contributed by atoms with van der Waals surface area (Å²) in [4.78, 5) is 12.6. The first-order valence-electron chi connectivity index (χ1n) is 7.86. The number of hydrogen-bond acceptors (Lipinski definition) is 4. The molecule has 2 aromatic carbocycles. The van der Waals surface area contributed by atoms with Gasteiger partial charge in [0.25, 0.3) is 5.91 Å². The van der Waals surface area contributed by atoms with E-state index in [2.05, 4.69) is 10.5 Å². The predicted octanol–water partition coefficient (Wildman–Crippen LogP) is 5.43. The lowest BCUT2D eigenvalue weighted by atomic mass is 10.2. The van der Waals surface area contributed by atoms with Crippen molar-refractivity contribution in [3.8, 4) is 5.75 Å². The van der Waals surface area contributed by atoms with Crippen LogP contribution in [0.2, 0.25) is 10.0 Å². The number of aryl methyl sites for hydroxylation is 2. The maximum Gasteiger partial charge on any atom is 0.278 e. The van der Waals surface area contributed by atoms with Gasteiger partial charge in [-0.2, -0.15) is 0 Å². The molecule has 1 aromatic heterocycles. The van der Waals surface area contributed by atoms with E-state index in [1.807, 2.05) is 31.2 Å². The second kappa shape index (κ2) is 7.81. The lowest BCUT2D eigenvalue weighted by Crippen LogP contribution is -2.15. The number of halogens is 2. The Labute approximate surface area is 160 Å². The highest BCUT2D eigenvalue weighted by Crippen LogP contribution is 2.30. The van der Waals surface area contributed by atoms with E-state index in [1.54, 1.807) is 25.1 Å². The summed E-state index contributed by atoms with van der Waals surface area (Å²) in [6, 6.07) is 12.6. The molecule has 1 heterocycles. The van der Waals surface area contributed by atoms with E-state index in [4.69, 9.17) is 32.5 Å². The summed E-state index contributed by atoms with van der Waals surface area (Å²) in [5, 5.41) is 7.17. The van der Waals surface area contributed by atoms with Gasteiger partial charge >= 0.3 is 0 Å². The molecule has 3 aromatic rings. The highest BCUT2D eigenvalue weighted by Gasteiger charge is 2.21. The second-order valence-corrected chi connectivity index (χ2v) is 6.46. The van der Waals surface area contributed by atoms with Gasteiger partial charge in [0.2, 0.25) is 0 Å². The zero-order valence-corrected chi connectivity index (χ0v) is 15.7. The fourth-order valence-electron chi connectivity index (χ4n) is 2.39. The van der Waals surface area contributed by atoms with Gasteiger partial charge in [0.1, 0.15) is 18.1 Å². The van der Waals surface area contributed by atoms with E-state index in [1.165, 1.54) is 0 Å². The van der Waals surface area contributed by atoms with Gasteiger partial charge in [0.05, 0.1) is 21.3 Å². The van der Waals surface area contributed by atoms with Gasteiger partial charge in [0, 0.05) is 0 Å². The Morgan fingerprint density at radius 1 is 1.15 bits per heavy atom.